The monoisotopic (exact) mass is 403 g/mol. The van der Waals surface area contributed by atoms with Gasteiger partial charge in [0.05, 0.1) is 35.6 Å². The van der Waals surface area contributed by atoms with Crippen molar-refractivity contribution in [2.75, 3.05) is 11.9 Å². The van der Waals surface area contributed by atoms with Gasteiger partial charge in [0.25, 0.3) is 0 Å². The molecule has 0 fully saturated rings. The molecule has 0 atom stereocenters. The number of nitrogens with one attached hydrogen (secondary N) is 3. The molecular weight excluding hydrogens is 391 g/mol. The first kappa shape index (κ1) is 20.3. The van der Waals surface area contributed by atoms with E-state index >= 15 is 0 Å². The average Bonchev–Trinajstić information content (AvgIpc) is 3.12. The number of carbonyl (C=O) groups is 3. The predicted octanol–water partition coefficient (Wildman–Crippen LogP) is 2.32. The molecule has 0 unspecified atom stereocenters. The third kappa shape index (κ3) is 6.03. The maximum Gasteiger partial charge on any atom is 0.416 e. The fourth-order valence-electron chi connectivity index (χ4n) is 1.88. The summed E-state index contributed by atoms with van der Waals surface area (Å²) in [5.74, 6) is -2.58. The molecule has 7 nitrogen and oxygen atoms in total. The van der Waals surface area contributed by atoms with E-state index < -0.39 is 36.0 Å². The van der Waals surface area contributed by atoms with Gasteiger partial charge in [-0.05, 0) is 30.3 Å². The van der Waals surface area contributed by atoms with Crippen LogP contribution in [0.25, 0.3) is 0 Å². The van der Waals surface area contributed by atoms with Gasteiger partial charge in [-0.15, -0.1) is 0 Å². The highest BCUT2D eigenvalue weighted by Gasteiger charge is 2.31. The molecule has 0 saturated carbocycles. The zero-order valence-electron chi connectivity index (χ0n) is 13.5. The topological polar surface area (TPSA) is 100 Å². The van der Waals surface area contributed by atoms with Gasteiger partial charge in [-0.2, -0.15) is 13.2 Å². The second kappa shape index (κ2) is 8.58. The number of rotatable bonds is 5. The van der Waals surface area contributed by atoms with Gasteiger partial charge in [-0.25, -0.2) is 0 Å². The Hall–Kier alpha value is -3.01. The Balaban J connectivity index is 1.86. The molecule has 0 aliphatic rings. The summed E-state index contributed by atoms with van der Waals surface area (Å²) < 4.78 is 43.1. The molecule has 0 bridgehead atoms. The highest BCUT2D eigenvalue weighted by molar-refractivity contribution is 6.41. The Morgan fingerprint density at radius 1 is 1.07 bits per heavy atom. The third-order valence-corrected chi connectivity index (χ3v) is 3.53. The summed E-state index contributed by atoms with van der Waals surface area (Å²) in [6.07, 6.45) is -3.22. The molecule has 3 amide bonds. The van der Waals surface area contributed by atoms with Gasteiger partial charge in [0.2, 0.25) is 5.91 Å². The first-order valence-corrected chi connectivity index (χ1v) is 7.79. The molecule has 1 aromatic carbocycles. The highest BCUT2D eigenvalue weighted by Crippen LogP contribution is 2.33. The molecule has 3 N–H and O–H groups in total. The van der Waals surface area contributed by atoms with Crippen LogP contribution in [0.2, 0.25) is 5.02 Å². The van der Waals surface area contributed by atoms with E-state index in [9.17, 15) is 27.6 Å². The highest BCUT2D eigenvalue weighted by atomic mass is 35.5. The SMILES string of the molecule is O=C(CNC(=O)C(=O)Nc1cc(C(F)(F)F)ccc1Cl)NCc1ccco1. The minimum absolute atomic E-state index is 0.0910. The van der Waals surface area contributed by atoms with Crippen LogP contribution in [0.3, 0.4) is 0 Å². The second-order valence-electron chi connectivity index (χ2n) is 5.19. The van der Waals surface area contributed by atoms with Crippen molar-refractivity contribution in [3.05, 3.63) is 52.9 Å². The Morgan fingerprint density at radius 2 is 1.81 bits per heavy atom. The average molecular weight is 404 g/mol. The Kier molecular flexibility index (Phi) is 6.45. The van der Waals surface area contributed by atoms with Crippen molar-refractivity contribution in [3.63, 3.8) is 0 Å². The zero-order valence-corrected chi connectivity index (χ0v) is 14.3. The van der Waals surface area contributed by atoms with E-state index in [1.54, 1.807) is 12.1 Å². The zero-order chi connectivity index (χ0) is 20.0. The van der Waals surface area contributed by atoms with Gasteiger partial charge in [0, 0.05) is 0 Å². The number of alkyl halides is 3. The van der Waals surface area contributed by atoms with E-state index in [1.807, 2.05) is 10.6 Å². The smallest absolute Gasteiger partial charge is 0.416 e. The van der Waals surface area contributed by atoms with Crippen LogP contribution < -0.4 is 16.0 Å². The first-order chi connectivity index (χ1) is 12.7. The molecular formula is C16H13ClF3N3O4. The lowest BCUT2D eigenvalue weighted by atomic mass is 10.2. The van der Waals surface area contributed by atoms with Gasteiger partial charge in [-0.3, -0.25) is 14.4 Å². The minimum atomic E-state index is -4.64. The molecule has 27 heavy (non-hydrogen) atoms. The van der Waals surface area contributed by atoms with Crippen LogP contribution in [0.15, 0.2) is 41.0 Å². The molecule has 0 saturated heterocycles. The number of halogens is 4. The van der Waals surface area contributed by atoms with Crippen molar-refractivity contribution in [1.29, 1.82) is 0 Å². The van der Waals surface area contributed by atoms with E-state index in [4.69, 9.17) is 16.0 Å². The summed E-state index contributed by atoms with van der Waals surface area (Å²) in [6, 6.07) is 5.54. The van der Waals surface area contributed by atoms with E-state index in [0.29, 0.717) is 11.8 Å². The number of hydrogen-bond acceptors (Lipinski definition) is 4. The molecule has 11 heteroatoms. The second-order valence-corrected chi connectivity index (χ2v) is 5.59. The van der Waals surface area contributed by atoms with Crippen molar-refractivity contribution in [1.82, 2.24) is 10.6 Å². The molecule has 2 aromatic rings. The molecule has 1 heterocycles. The number of benzene rings is 1. The van der Waals surface area contributed by atoms with E-state index in [0.717, 1.165) is 12.1 Å². The predicted molar refractivity (Wildman–Crippen MR) is 88.6 cm³/mol. The third-order valence-electron chi connectivity index (χ3n) is 3.20. The molecule has 144 valence electrons. The Morgan fingerprint density at radius 3 is 2.44 bits per heavy atom. The van der Waals surface area contributed by atoms with Gasteiger partial charge in [-0.1, -0.05) is 11.6 Å². The van der Waals surface area contributed by atoms with Crippen LogP contribution in [-0.4, -0.2) is 24.3 Å². The number of carbonyl (C=O) groups excluding carboxylic acids is 3. The largest absolute Gasteiger partial charge is 0.467 e. The van der Waals surface area contributed by atoms with Crippen LogP contribution in [-0.2, 0) is 27.1 Å². The molecule has 0 spiro atoms. The lowest BCUT2D eigenvalue weighted by molar-refractivity contribution is -0.137. The molecule has 1 aromatic heterocycles. The van der Waals surface area contributed by atoms with Gasteiger partial charge >= 0.3 is 18.0 Å². The van der Waals surface area contributed by atoms with E-state index in [-0.39, 0.29) is 17.3 Å². The first-order valence-electron chi connectivity index (χ1n) is 7.42. The molecule has 2 rings (SSSR count). The minimum Gasteiger partial charge on any atom is -0.467 e. The van der Waals surface area contributed by atoms with Gasteiger partial charge < -0.3 is 20.4 Å². The number of amides is 3. The van der Waals surface area contributed by atoms with Crippen molar-refractivity contribution in [2.45, 2.75) is 12.7 Å². The standard InChI is InChI=1S/C16H13ClF3N3O4/c17-11-4-3-9(16(18,19)20)6-12(11)23-15(26)14(25)22-8-13(24)21-7-10-2-1-5-27-10/h1-6H,7-8H2,(H,21,24)(H,22,25)(H,23,26). The number of furan rings is 1. The fourth-order valence-corrected chi connectivity index (χ4v) is 2.04. The van der Waals surface area contributed by atoms with Crippen LogP contribution in [0.5, 0.6) is 0 Å². The van der Waals surface area contributed by atoms with Crippen molar-refractivity contribution in [3.8, 4) is 0 Å². The maximum atomic E-state index is 12.7. The number of anilines is 1. The maximum absolute atomic E-state index is 12.7. The van der Waals surface area contributed by atoms with Gasteiger partial charge in [0.1, 0.15) is 5.76 Å². The molecule has 0 aliphatic carbocycles. The summed E-state index contributed by atoms with van der Waals surface area (Å²) in [7, 11) is 0. The van der Waals surface area contributed by atoms with Crippen molar-refractivity contribution in [2.24, 2.45) is 0 Å². The quantitative estimate of drug-likeness (QED) is 0.667. The van der Waals surface area contributed by atoms with Crippen LogP contribution in [0.4, 0.5) is 18.9 Å². The lowest BCUT2D eigenvalue weighted by Gasteiger charge is -2.11. The van der Waals surface area contributed by atoms with Gasteiger partial charge in [0.15, 0.2) is 0 Å². The Labute approximate surface area is 155 Å². The summed E-state index contributed by atoms with van der Waals surface area (Å²) in [4.78, 5) is 35.1. The summed E-state index contributed by atoms with van der Waals surface area (Å²) >= 11 is 5.73. The molecule has 0 radical (unpaired) electrons. The summed E-state index contributed by atoms with van der Waals surface area (Å²) in [6.45, 7) is -0.420. The fraction of sp³-hybridized carbons (Fsp3) is 0.188. The molecule has 0 aliphatic heterocycles. The normalized spacial score (nSPS) is 11.0. The van der Waals surface area contributed by atoms with Crippen LogP contribution in [0.1, 0.15) is 11.3 Å². The van der Waals surface area contributed by atoms with E-state index in [1.165, 1.54) is 6.26 Å². The summed E-state index contributed by atoms with van der Waals surface area (Å²) in [5.41, 5.74) is -1.42. The number of hydrogen-bond donors (Lipinski definition) is 3. The lowest BCUT2D eigenvalue weighted by Crippen LogP contribution is -2.41. The van der Waals surface area contributed by atoms with Crippen molar-refractivity contribution < 1.29 is 32.0 Å². The van der Waals surface area contributed by atoms with E-state index in [2.05, 4.69) is 5.32 Å². The van der Waals surface area contributed by atoms with Crippen LogP contribution in [0, 0.1) is 0 Å². The van der Waals surface area contributed by atoms with Crippen LogP contribution >= 0.6 is 11.6 Å². The summed E-state index contributed by atoms with van der Waals surface area (Å²) in [5, 5.41) is 6.27. The Bertz CT molecular complexity index is 838. The van der Waals surface area contributed by atoms with Crippen molar-refractivity contribution >= 4 is 35.0 Å².